The molecular formula is C42H66O5. The Morgan fingerprint density at radius 3 is 1.47 bits per heavy atom. The molecule has 0 heterocycles. The average Bonchev–Trinajstić information content (AvgIpc) is 3.07. The molecule has 1 atom stereocenters. The van der Waals surface area contributed by atoms with Crippen LogP contribution in [0.25, 0.3) is 0 Å². The highest BCUT2D eigenvalue weighted by Crippen LogP contribution is 2.08. The Morgan fingerprint density at radius 2 is 0.957 bits per heavy atom. The topological polar surface area (TPSA) is 72.8 Å². The zero-order valence-corrected chi connectivity index (χ0v) is 29.7. The van der Waals surface area contributed by atoms with Gasteiger partial charge in [-0.25, -0.2) is 0 Å². The lowest BCUT2D eigenvalue weighted by Crippen LogP contribution is -2.28. The molecule has 0 aliphatic carbocycles. The summed E-state index contributed by atoms with van der Waals surface area (Å²) in [5.41, 5.74) is 0. The van der Waals surface area contributed by atoms with Crippen molar-refractivity contribution >= 4 is 11.9 Å². The second-order valence-corrected chi connectivity index (χ2v) is 11.6. The maximum absolute atomic E-state index is 12.1. The molecule has 0 bridgehead atoms. The van der Waals surface area contributed by atoms with Crippen LogP contribution in [0.2, 0.25) is 0 Å². The zero-order valence-electron chi connectivity index (χ0n) is 29.7. The third kappa shape index (κ3) is 35.5. The number of hydrogen-bond donors (Lipinski definition) is 1. The van der Waals surface area contributed by atoms with Crippen LogP contribution in [0.15, 0.2) is 97.2 Å². The molecule has 0 fully saturated rings. The van der Waals surface area contributed by atoms with Crippen molar-refractivity contribution in [2.24, 2.45) is 0 Å². The van der Waals surface area contributed by atoms with Crippen LogP contribution in [0.4, 0.5) is 0 Å². The summed E-state index contributed by atoms with van der Waals surface area (Å²) in [7, 11) is 0. The Bertz CT molecular complexity index is 964. The summed E-state index contributed by atoms with van der Waals surface area (Å²) in [5.74, 6) is -0.751. The van der Waals surface area contributed by atoms with E-state index in [2.05, 4.69) is 105 Å². The monoisotopic (exact) mass is 650 g/mol. The first-order valence-corrected chi connectivity index (χ1v) is 18.3. The largest absolute Gasteiger partial charge is 0.462 e. The van der Waals surface area contributed by atoms with Crippen LogP contribution >= 0.6 is 0 Å². The first-order chi connectivity index (χ1) is 23.1. The fourth-order valence-electron chi connectivity index (χ4n) is 4.38. The standard InChI is InChI=1S/C42H66O5/c1-3-5-7-9-11-13-15-17-18-19-20-21-22-23-25-27-29-31-33-35-37-42(45)47-40(38-43)39-46-41(44)36-34-32-30-28-26-24-16-14-12-10-8-6-4-2/h5,7,11,13,17-18,20-21,23-26,29-32,40,43H,3-4,6,8-10,12,14-16,19,22,27-28,33-39H2,1-2H3/b7-5+,13-11+,18-17+,21-20+,25-23+,26-24+,31-29+,32-30+. The van der Waals surface area contributed by atoms with E-state index in [1.165, 1.54) is 38.5 Å². The third-order valence-corrected chi connectivity index (χ3v) is 7.13. The van der Waals surface area contributed by atoms with Crippen molar-refractivity contribution in [1.29, 1.82) is 0 Å². The smallest absolute Gasteiger partial charge is 0.306 e. The Labute approximate surface area is 288 Å². The molecule has 0 aromatic rings. The minimum Gasteiger partial charge on any atom is -0.462 e. The second kappa shape index (κ2) is 37.3. The molecule has 0 aromatic heterocycles. The molecule has 1 N–H and O–H groups in total. The minimum absolute atomic E-state index is 0.126. The highest BCUT2D eigenvalue weighted by Gasteiger charge is 2.15. The molecule has 47 heavy (non-hydrogen) atoms. The molecule has 0 aliphatic rings. The summed E-state index contributed by atoms with van der Waals surface area (Å²) in [6.45, 7) is 3.88. The lowest BCUT2D eigenvalue weighted by molar-refractivity contribution is -0.161. The van der Waals surface area contributed by atoms with Crippen molar-refractivity contribution in [2.75, 3.05) is 13.2 Å². The van der Waals surface area contributed by atoms with Gasteiger partial charge in [0, 0.05) is 12.8 Å². The van der Waals surface area contributed by atoms with E-state index in [0.29, 0.717) is 12.8 Å². The number of esters is 2. The van der Waals surface area contributed by atoms with Gasteiger partial charge in [-0.3, -0.25) is 9.59 Å². The van der Waals surface area contributed by atoms with Gasteiger partial charge in [0.25, 0.3) is 0 Å². The van der Waals surface area contributed by atoms with Gasteiger partial charge in [-0.1, -0.05) is 143 Å². The number of carbonyl (C=O) groups excluding carboxylic acids is 2. The van der Waals surface area contributed by atoms with Gasteiger partial charge in [-0.15, -0.1) is 0 Å². The summed E-state index contributed by atoms with van der Waals surface area (Å²) in [4.78, 5) is 24.1. The van der Waals surface area contributed by atoms with Gasteiger partial charge < -0.3 is 14.6 Å². The van der Waals surface area contributed by atoms with Crippen LogP contribution < -0.4 is 0 Å². The van der Waals surface area contributed by atoms with Gasteiger partial charge in [0.1, 0.15) is 6.61 Å². The Morgan fingerprint density at radius 1 is 0.511 bits per heavy atom. The van der Waals surface area contributed by atoms with E-state index in [-0.39, 0.29) is 38.0 Å². The van der Waals surface area contributed by atoms with Crippen LogP contribution in [0.3, 0.4) is 0 Å². The van der Waals surface area contributed by atoms with Gasteiger partial charge in [0.15, 0.2) is 6.10 Å². The Balaban J connectivity index is 3.81. The Kier molecular flexibility index (Phi) is 34.8. The number of unbranched alkanes of at least 4 members (excludes halogenated alkanes) is 7. The van der Waals surface area contributed by atoms with Crippen molar-refractivity contribution in [3.63, 3.8) is 0 Å². The molecule has 264 valence electrons. The SMILES string of the molecule is CC/C=C/C/C=C/C/C=C/C/C=C/C/C=C/C/C=C/CCCC(=O)OC(CO)COC(=O)CC/C=C/C/C=C/CCCCCCCC. The molecule has 0 saturated heterocycles. The number of allylic oxidation sites excluding steroid dienone is 16. The summed E-state index contributed by atoms with van der Waals surface area (Å²) < 4.78 is 10.5. The molecule has 0 aliphatic heterocycles. The number of hydrogen-bond acceptors (Lipinski definition) is 5. The van der Waals surface area contributed by atoms with Gasteiger partial charge in [-0.2, -0.15) is 0 Å². The van der Waals surface area contributed by atoms with E-state index >= 15 is 0 Å². The van der Waals surface area contributed by atoms with Crippen molar-refractivity contribution in [3.8, 4) is 0 Å². The highest BCUT2D eigenvalue weighted by atomic mass is 16.6. The number of aliphatic hydroxyl groups excluding tert-OH is 1. The van der Waals surface area contributed by atoms with Gasteiger partial charge >= 0.3 is 11.9 Å². The fourth-order valence-corrected chi connectivity index (χ4v) is 4.38. The molecule has 0 aromatic carbocycles. The van der Waals surface area contributed by atoms with E-state index in [1.54, 1.807) is 0 Å². The summed E-state index contributed by atoms with van der Waals surface area (Å²) in [6, 6.07) is 0. The van der Waals surface area contributed by atoms with E-state index < -0.39 is 6.10 Å². The van der Waals surface area contributed by atoms with Crippen molar-refractivity contribution in [2.45, 2.75) is 142 Å². The lowest BCUT2D eigenvalue weighted by Gasteiger charge is -2.15. The molecule has 0 radical (unpaired) electrons. The summed E-state index contributed by atoms with van der Waals surface area (Å²) >= 11 is 0. The van der Waals surface area contributed by atoms with Crippen LogP contribution in [-0.4, -0.2) is 36.4 Å². The highest BCUT2D eigenvalue weighted by molar-refractivity contribution is 5.70. The van der Waals surface area contributed by atoms with Crippen LogP contribution in [0, 0.1) is 0 Å². The van der Waals surface area contributed by atoms with Crippen molar-refractivity contribution < 1.29 is 24.2 Å². The van der Waals surface area contributed by atoms with E-state index in [9.17, 15) is 14.7 Å². The normalized spacial score (nSPS) is 13.3. The van der Waals surface area contributed by atoms with Gasteiger partial charge in [-0.05, 0) is 77.0 Å². The number of carbonyl (C=O) groups is 2. The lowest BCUT2D eigenvalue weighted by atomic mass is 10.1. The van der Waals surface area contributed by atoms with E-state index in [4.69, 9.17) is 9.47 Å². The quantitative estimate of drug-likeness (QED) is 0.0459. The minimum atomic E-state index is -0.829. The molecule has 5 heteroatoms. The predicted molar refractivity (Wildman–Crippen MR) is 200 cm³/mol. The zero-order chi connectivity index (χ0) is 34.3. The van der Waals surface area contributed by atoms with Crippen LogP contribution in [0.1, 0.15) is 136 Å². The molecule has 0 rings (SSSR count). The number of aliphatic hydroxyl groups is 1. The summed E-state index contributed by atoms with van der Waals surface area (Å²) in [5, 5.41) is 9.51. The molecule has 0 spiro atoms. The van der Waals surface area contributed by atoms with Gasteiger partial charge in [0.05, 0.1) is 6.61 Å². The maximum Gasteiger partial charge on any atom is 0.306 e. The van der Waals surface area contributed by atoms with E-state index in [0.717, 1.165) is 57.8 Å². The molecule has 0 amide bonds. The Hall–Kier alpha value is -3.18. The number of ether oxygens (including phenoxy) is 2. The molecule has 5 nitrogen and oxygen atoms in total. The van der Waals surface area contributed by atoms with Crippen molar-refractivity contribution in [1.82, 2.24) is 0 Å². The maximum atomic E-state index is 12.1. The third-order valence-electron chi connectivity index (χ3n) is 7.13. The van der Waals surface area contributed by atoms with Gasteiger partial charge in [0.2, 0.25) is 0 Å². The van der Waals surface area contributed by atoms with E-state index in [1.807, 2.05) is 6.08 Å². The summed E-state index contributed by atoms with van der Waals surface area (Å²) in [6.07, 6.45) is 51.9. The number of rotatable bonds is 31. The predicted octanol–water partition coefficient (Wildman–Crippen LogP) is 11.3. The van der Waals surface area contributed by atoms with Crippen LogP contribution in [0.5, 0.6) is 0 Å². The first-order valence-electron chi connectivity index (χ1n) is 18.3. The molecule has 0 saturated carbocycles. The van der Waals surface area contributed by atoms with Crippen molar-refractivity contribution in [3.05, 3.63) is 97.2 Å². The fraction of sp³-hybridized carbons (Fsp3) is 0.571. The first kappa shape index (κ1) is 43.8. The van der Waals surface area contributed by atoms with Crippen LogP contribution in [-0.2, 0) is 19.1 Å². The second-order valence-electron chi connectivity index (χ2n) is 11.6. The average molecular weight is 651 g/mol. The molecule has 1 unspecified atom stereocenters. The molecular weight excluding hydrogens is 584 g/mol.